The van der Waals surface area contributed by atoms with Crippen molar-refractivity contribution in [1.29, 1.82) is 0 Å². The molecular formula is C17H28N6O. The van der Waals surface area contributed by atoms with Crippen LogP contribution in [-0.4, -0.2) is 60.4 Å². The molecule has 0 unspecified atom stereocenters. The summed E-state index contributed by atoms with van der Waals surface area (Å²) in [7, 11) is 3.75. The van der Waals surface area contributed by atoms with Crippen LogP contribution in [0.3, 0.4) is 0 Å². The summed E-state index contributed by atoms with van der Waals surface area (Å²) in [6.07, 6.45) is 8.97. The fraction of sp³-hybridized carbons (Fsp3) is 0.706. The molecule has 132 valence electrons. The van der Waals surface area contributed by atoms with Gasteiger partial charge in [0.15, 0.2) is 0 Å². The molecule has 0 amide bonds. The first kappa shape index (κ1) is 17.0. The van der Waals surface area contributed by atoms with E-state index in [1.807, 2.05) is 6.07 Å². The lowest BCUT2D eigenvalue weighted by molar-refractivity contribution is 0.236. The number of methoxy groups -OCH3 is 1. The van der Waals surface area contributed by atoms with Crippen molar-refractivity contribution in [3.63, 3.8) is 0 Å². The van der Waals surface area contributed by atoms with Gasteiger partial charge in [-0.25, -0.2) is 0 Å². The van der Waals surface area contributed by atoms with Crippen LogP contribution >= 0.6 is 0 Å². The van der Waals surface area contributed by atoms with Crippen LogP contribution in [0.25, 0.3) is 0 Å². The highest BCUT2D eigenvalue weighted by atomic mass is 16.5. The van der Waals surface area contributed by atoms with Gasteiger partial charge in [0.05, 0.1) is 19.0 Å². The molecule has 2 heterocycles. The van der Waals surface area contributed by atoms with Crippen LogP contribution in [0.1, 0.15) is 44.2 Å². The Morgan fingerprint density at radius 1 is 1.17 bits per heavy atom. The Hall–Kier alpha value is -1.89. The Kier molecular flexibility index (Phi) is 5.85. The first-order valence-corrected chi connectivity index (χ1v) is 8.89. The fourth-order valence-corrected chi connectivity index (χ4v) is 3.30. The predicted octanol–water partition coefficient (Wildman–Crippen LogP) is 1.86. The standard InChI is InChI=1S/C17H28N6O/c1-23-9-7-14(8-10-23)22-18-12-15-11-16(21-17(20-15)24-2)19-13-5-3-4-6-13/h11-14,22H,3-10H2,1-2H3,(H,19,20,21). The minimum Gasteiger partial charge on any atom is -0.467 e. The summed E-state index contributed by atoms with van der Waals surface area (Å²) in [5.74, 6) is 0.814. The smallest absolute Gasteiger partial charge is 0.318 e. The average molecular weight is 332 g/mol. The van der Waals surface area contributed by atoms with E-state index in [0.717, 1.165) is 37.4 Å². The topological polar surface area (TPSA) is 74.7 Å². The van der Waals surface area contributed by atoms with Crippen molar-refractivity contribution in [1.82, 2.24) is 20.3 Å². The monoisotopic (exact) mass is 332 g/mol. The molecule has 1 saturated heterocycles. The highest BCUT2D eigenvalue weighted by Crippen LogP contribution is 2.22. The summed E-state index contributed by atoms with van der Waals surface area (Å²) >= 11 is 0. The number of nitrogens with zero attached hydrogens (tertiary/aromatic N) is 4. The van der Waals surface area contributed by atoms with Gasteiger partial charge in [0.1, 0.15) is 5.82 Å². The van der Waals surface area contributed by atoms with Gasteiger partial charge in [-0.2, -0.15) is 15.1 Å². The van der Waals surface area contributed by atoms with E-state index in [2.05, 4.69) is 37.8 Å². The van der Waals surface area contributed by atoms with Gasteiger partial charge in [0, 0.05) is 18.2 Å². The quantitative estimate of drug-likeness (QED) is 0.612. The summed E-state index contributed by atoms with van der Waals surface area (Å²) in [6.45, 7) is 2.23. The normalized spacial score (nSPS) is 20.6. The molecule has 1 aliphatic heterocycles. The summed E-state index contributed by atoms with van der Waals surface area (Å²) in [4.78, 5) is 11.1. The van der Waals surface area contributed by atoms with Gasteiger partial charge in [-0.15, -0.1) is 0 Å². The van der Waals surface area contributed by atoms with E-state index in [1.165, 1.54) is 25.7 Å². The van der Waals surface area contributed by atoms with Crippen LogP contribution in [0, 0.1) is 0 Å². The fourth-order valence-electron chi connectivity index (χ4n) is 3.30. The summed E-state index contributed by atoms with van der Waals surface area (Å²) < 4.78 is 5.22. The van der Waals surface area contributed by atoms with Crippen molar-refractivity contribution in [2.45, 2.75) is 50.6 Å². The molecule has 0 spiro atoms. The van der Waals surface area contributed by atoms with E-state index in [4.69, 9.17) is 4.74 Å². The molecule has 1 aromatic rings. The minimum absolute atomic E-state index is 0.374. The zero-order valence-corrected chi connectivity index (χ0v) is 14.7. The molecule has 1 saturated carbocycles. The van der Waals surface area contributed by atoms with Crippen LogP contribution in [0.2, 0.25) is 0 Å². The summed E-state index contributed by atoms with van der Waals surface area (Å²) in [6, 6.07) is 3.25. The maximum atomic E-state index is 5.22. The Morgan fingerprint density at radius 3 is 2.62 bits per heavy atom. The number of anilines is 1. The Bertz CT molecular complexity index is 550. The van der Waals surface area contributed by atoms with Crippen LogP contribution in [0.4, 0.5) is 5.82 Å². The van der Waals surface area contributed by atoms with Crippen molar-refractivity contribution in [3.8, 4) is 6.01 Å². The minimum atomic E-state index is 0.374. The number of ether oxygens (including phenoxy) is 1. The van der Waals surface area contributed by atoms with E-state index in [-0.39, 0.29) is 0 Å². The number of hydrogen-bond acceptors (Lipinski definition) is 7. The lowest BCUT2D eigenvalue weighted by Gasteiger charge is -2.28. The highest BCUT2D eigenvalue weighted by Gasteiger charge is 2.17. The van der Waals surface area contributed by atoms with E-state index in [9.17, 15) is 0 Å². The van der Waals surface area contributed by atoms with Crippen LogP contribution in [0.15, 0.2) is 11.2 Å². The molecule has 1 aliphatic carbocycles. The third-order valence-corrected chi connectivity index (χ3v) is 4.79. The van der Waals surface area contributed by atoms with Gasteiger partial charge in [-0.3, -0.25) is 0 Å². The van der Waals surface area contributed by atoms with Crippen molar-refractivity contribution >= 4 is 12.0 Å². The Morgan fingerprint density at radius 2 is 1.92 bits per heavy atom. The molecule has 2 aliphatic rings. The molecule has 7 heteroatoms. The summed E-state index contributed by atoms with van der Waals surface area (Å²) in [5, 5.41) is 7.85. The molecule has 7 nitrogen and oxygen atoms in total. The lowest BCUT2D eigenvalue weighted by Crippen LogP contribution is -2.38. The van der Waals surface area contributed by atoms with Crippen molar-refractivity contribution in [2.24, 2.45) is 5.10 Å². The van der Waals surface area contributed by atoms with E-state index >= 15 is 0 Å². The average Bonchev–Trinajstić information content (AvgIpc) is 3.09. The Labute approximate surface area is 143 Å². The highest BCUT2D eigenvalue weighted by molar-refractivity contribution is 5.78. The summed E-state index contributed by atoms with van der Waals surface area (Å²) in [5.41, 5.74) is 3.99. The molecule has 2 N–H and O–H groups in total. The maximum Gasteiger partial charge on any atom is 0.318 e. The van der Waals surface area contributed by atoms with Crippen molar-refractivity contribution in [2.75, 3.05) is 32.6 Å². The molecular weight excluding hydrogens is 304 g/mol. The second-order valence-electron chi connectivity index (χ2n) is 6.76. The van der Waals surface area contributed by atoms with E-state index in [0.29, 0.717) is 18.1 Å². The van der Waals surface area contributed by atoms with Crippen molar-refractivity contribution in [3.05, 3.63) is 11.8 Å². The van der Waals surface area contributed by atoms with Crippen LogP contribution in [0.5, 0.6) is 6.01 Å². The number of rotatable bonds is 6. The number of likely N-dealkylation sites (tertiary alicyclic amines) is 1. The van der Waals surface area contributed by atoms with Gasteiger partial charge in [-0.05, 0) is 45.8 Å². The number of piperidine rings is 1. The largest absolute Gasteiger partial charge is 0.467 e. The zero-order chi connectivity index (χ0) is 16.8. The molecule has 24 heavy (non-hydrogen) atoms. The second-order valence-corrected chi connectivity index (χ2v) is 6.76. The second kappa shape index (κ2) is 8.28. The number of hydrazone groups is 1. The SMILES string of the molecule is COc1nc(C=NNC2CCN(C)CC2)cc(NC2CCCC2)n1. The third-order valence-electron chi connectivity index (χ3n) is 4.79. The Balaban J connectivity index is 1.60. The van der Waals surface area contributed by atoms with E-state index < -0.39 is 0 Å². The molecule has 0 radical (unpaired) electrons. The van der Waals surface area contributed by atoms with Crippen LogP contribution < -0.4 is 15.5 Å². The lowest BCUT2D eigenvalue weighted by atomic mass is 10.1. The number of aromatic nitrogens is 2. The van der Waals surface area contributed by atoms with Crippen LogP contribution in [-0.2, 0) is 0 Å². The molecule has 1 aromatic heterocycles. The zero-order valence-electron chi connectivity index (χ0n) is 14.7. The van der Waals surface area contributed by atoms with Gasteiger partial charge in [-0.1, -0.05) is 12.8 Å². The van der Waals surface area contributed by atoms with Gasteiger partial charge in [0.25, 0.3) is 0 Å². The van der Waals surface area contributed by atoms with Gasteiger partial charge >= 0.3 is 6.01 Å². The number of hydrogen-bond donors (Lipinski definition) is 2. The first-order valence-electron chi connectivity index (χ1n) is 8.89. The first-order chi connectivity index (χ1) is 11.7. The molecule has 2 fully saturated rings. The number of nitrogens with one attached hydrogen (secondary N) is 2. The third kappa shape index (κ3) is 4.80. The predicted molar refractivity (Wildman–Crippen MR) is 95.7 cm³/mol. The molecule has 3 rings (SSSR count). The van der Waals surface area contributed by atoms with E-state index in [1.54, 1.807) is 13.3 Å². The molecule has 0 atom stereocenters. The van der Waals surface area contributed by atoms with Crippen molar-refractivity contribution < 1.29 is 4.74 Å². The molecule has 0 bridgehead atoms. The van der Waals surface area contributed by atoms with Gasteiger partial charge in [0.2, 0.25) is 0 Å². The molecule has 0 aromatic carbocycles. The van der Waals surface area contributed by atoms with Gasteiger partial charge < -0.3 is 20.4 Å². The maximum absolute atomic E-state index is 5.22.